The highest BCUT2D eigenvalue weighted by molar-refractivity contribution is 7.89. The molecule has 2 aliphatic heterocycles. The van der Waals surface area contributed by atoms with Gasteiger partial charge in [-0.15, -0.1) is 0 Å². The Balaban J connectivity index is 1.73. The first-order valence-corrected chi connectivity index (χ1v) is 11.8. The van der Waals surface area contributed by atoms with E-state index >= 15 is 0 Å². The first-order valence-electron chi connectivity index (χ1n) is 10.4. The van der Waals surface area contributed by atoms with Gasteiger partial charge in [0.1, 0.15) is 10.6 Å². The number of likely N-dealkylation sites (tertiary alicyclic amines) is 1. The minimum Gasteiger partial charge on any atom is -0.495 e. The lowest BCUT2D eigenvalue weighted by Gasteiger charge is -2.29. The van der Waals surface area contributed by atoms with Crippen molar-refractivity contribution in [3.63, 3.8) is 0 Å². The average Bonchev–Trinajstić information content (AvgIpc) is 2.75. The molecule has 29 heavy (non-hydrogen) atoms. The zero-order chi connectivity index (χ0) is 20.9. The Morgan fingerprint density at radius 2 is 1.97 bits per heavy atom. The summed E-state index contributed by atoms with van der Waals surface area (Å²) < 4.78 is 38.1. The van der Waals surface area contributed by atoms with Gasteiger partial charge in [-0.25, -0.2) is 8.42 Å². The molecular weight excluding hydrogens is 394 g/mol. The molecule has 0 saturated carbocycles. The second-order valence-corrected chi connectivity index (χ2v) is 9.54. The number of methoxy groups -OCH3 is 1. The molecular formula is C20H32N3O5S+. The molecule has 0 aliphatic carbocycles. The summed E-state index contributed by atoms with van der Waals surface area (Å²) in [6, 6.07) is 4.72. The number of nitrogens with zero attached hydrogens (tertiary/aromatic N) is 1. The van der Waals surface area contributed by atoms with Crippen LogP contribution in [0.2, 0.25) is 0 Å². The van der Waals surface area contributed by atoms with E-state index in [1.165, 1.54) is 30.4 Å². The zero-order valence-corrected chi connectivity index (χ0v) is 18.1. The van der Waals surface area contributed by atoms with Crippen molar-refractivity contribution in [3.8, 4) is 5.75 Å². The maximum Gasteiger partial charge on any atom is 0.251 e. The second-order valence-electron chi connectivity index (χ2n) is 7.63. The predicted molar refractivity (Wildman–Crippen MR) is 109 cm³/mol. The monoisotopic (exact) mass is 426 g/mol. The van der Waals surface area contributed by atoms with E-state index in [0.717, 1.165) is 25.9 Å². The fraction of sp³-hybridized carbons (Fsp3) is 0.650. The molecule has 0 radical (unpaired) electrons. The Morgan fingerprint density at radius 3 is 2.59 bits per heavy atom. The lowest BCUT2D eigenvalue weighted by molar-refractivity contribution is -0.905. The van der Waals surface area contributed by atoms with Gasteiger partial charge >= 0.3 is 0 Å². The summed E-state index contributed by atoms with van der Waals surface area (Å²) in [6.45, 7) is 6.77. The number of hydrogen-bond donors (Lipinski definition) is 2. The smallest absolute Gasteiger partial charge is 0.251 e. The van der Waals surface area contributed by atoms with Crippen LogP contribution in [-0.2, 0) is 14.8 Å². The van der Waals surface area contributed by atoms with Crippen LogP contribution in [0.15, 0.2) is 23.1 Å². The third kappa shape index (κ3) is 5.28. The van der Waals surface area contributed by atoms with Gasteiger partial charge in [-0.1, -0.05) is 6.92 Å². The van der Waals surface area contributed by atoms with Crippen molar-refractivity contribution in [3.05, 3.63) is 23.8 Å². The van der Waals surface area contributed by atoms with Crippen LogP contribution in [0.25, 0.3) is 0 Å². The van der Waals surface area contributed by atoms with E-state index in [-0.39, 0.29) is 22.6 Å². The van der Waals surface area contributed by atoms with Crippen molar-refractivity contribution < 1.29 is 27.6 Å². The van der Waals surface area contributed by atoms with Gasteiger partial charge in [-0.3, -0.25) is 4.79 Å². The van der Waals surface area contributed by atoms with Crippen molar-refractivity contribution >= 4 is 15.9 Å². The number of nitrogens with one attached hydrogen (secondary N) is 2. The third-order valence-electron chi connectivity index (χ3n) is 5.65. The van der Waals surface area contributed by atoms with E-state index in [9.17, 15) is 13.2 Å². The molecule has 2 fully saturated rings. The molecule has 0 atom stereocenters. The molecule has 0 bridgehead atoms. The maximum absolute atomic E-state index is 13.1. The molecule has 0 unspecified atom stereocenters. The number of ether oxygens (including phenoxy) is 2. The Morgan fingerprint density at radius 1 is 1.28 bits per heavy atom. The first kappa shape index (κ1) is 22.0. The Hall–Kier alpha value is -1.68. The van der Waals surface area contributed by atoms with Crippen molar-refractivity contribution in [1.82, 2.24) is 9.62 Å². The normalized spacial score (nSPS) is 23.5. The number of amides is 1. The summed E-state index contributed by atoms with van der Waals surface area (Å²) in [5.41, 5.74) is 0.334. The molecule has 0 aromatic heterocycles. The average molecular weight is 427 g/mol. The fourth-order valence-electron chi connectivity index (χ4n) is 3.99. The number of hydrogen-bond acceptors (Lipinski definition) is 5. The van der Waals surface area contributed by atoms with Crippen LogP contribution in [-0.4, -0.2) is 77.7 Å². The predicted octanol–water partition coefficient (Wildman–Crippen LogP) is -0.0968. The summed E-state index contributed by atoms with van der Waals surface area (Å²) in [7, 11) is -2.33. The molecule has 0 spiro atoms. The van der Waals surface area contributed by atoms with Crippen LogP contribution in [0.5, 0.6) is 5.75 Å². The summed E-state index contributed by atoms with van der Waals surface area (Å²) in [5, 5.41) is 3.07. The molecule has 1 aromatic rings. The number of morpholine rings is 1. The summed E-state index contributed by atoms with van der Waals surface area (Å²) >= 11 is 0. The highest BCUT2D eigenvalue weighted by Crippen LogP contribution is 2.28. The molecule has 2 heterocycles. The number of carbonyl (C=O) groups excluding carboxylic acids is 1. The minimum absolute atomic E-state index is 0.0248. The van der Waals surface area contributed by atoms with E-state index in [1.807, 2.05) is 0 Å². The van der Waals surface area contributed by atoms with Crippen molar-refractivity contribution in [2.24, 2.45) is 0 Å². The van der Waals surface area contributed by atoms with Crippen LogP contribution in [0, 0.1) is 0 Å². The van der Waals surface area contributed by atoms with Crippen LogP contribution in [0.3, 0.4) is 0 Å². The van der Waals surface area contributed by atoms with Gasteiger partial charge in [0, 0.05) is 37.5 Å². The SMILES string of the molecule is CCC[NH+]1CCC(NC(=O)c2ccc(OC)c(S(=O)(=O)N3CCOCC3)c2)CC1. The Kier molecular flexibility index (Phi) is 7.50. The van der Waals surface area contributed by atoms with Gasteiger partial charge in [-0.05, 0) is 24.6 Å². The van der Waals surface area contributed by atoms with E-state index in [4.69, 9.17) is 9.47 Å². The number of rotatable bonds is 7. The van der Waals surface area contributed by atoms with Gasteiger partial charge < -0.3 is 19.7 Å². The lowest BCUT2D eigenvalue weighted by atomic mass is 10.0. The van der Waals surface area contributed by atoms with Crippen molar-refractivity contribution in [2.45, 2.75) is 37.1 Å². The van der Waals surface area contributed by atoms with Gasteiger partial charge in [0.2, 0.25) is 10.0 Å². The molecule has 2 N–H and O–H groups in total. The molecule has 9 heteroatoms. The molecule has 1 amide bonds. The zero-order valence-electron chi connectivity index (χ0n) is 17.3. The Labute approximate surface area is 173 Å². The van der Waals surface area contributed by atoms with Gasteiger partial charge in [0.05, 0.1) is 40.0 Å². The van der Waals surface area contributed by atoms with Crippen LogP contribution >= 0.6 is 0 Å². The summed E-state index contributed by atoms with van der Waals surface area (Å²) in [6.07, 6.45) is 3.05. The molecule has 8 nitrogen and oxygen atoms in total. The van der Waals surface area contributed by atoms with Gasteiger partial charge in [0.15, 0.2) is 0 Å². The fourth-order valence-corrected chi connectivity index (χ4v) is 5.58. The Bertz CT molecular complexity index is 800. The minimum atomic E-state index is -3.76. The first-order chi connectivity index (χ1) is 14.0. The molecule has 3 rings (SSSR count). The van der Waals surface area contributed by atoms with E-state index in [0.29, 0.717) is 31.9 Å². The molecule has 162 valence electrons. The molecule has 2 aliphatic rings. The number of quaternary nitrogens is 1. The van der Waals surface area contributed by atoms with Crippen LogP contribution in [0.4, 0.5) is 0 Å². The molecule has 1 aromatic carbocycles. The summed E-state index contributed by atoms with van der Waals surface area (Å²) in [5.74, 6) is -0.000428. The van der Waals surface area contributed by atoms with Crippen molar-refractivity contribution in [2.75, 3.05) is 53.0 Å². The number of benzene rings is 1. The number of carbonyl (C=O) groups is 1. The van der Waals surface area contributed by atoms with E-state index in [2.05, 4.69) is 12.2 Å². The topological polar surface area (TPSA) is 89.4 Å². The number of piperidine rings is 1. The standard InChI is InChI=1S/C20H31N3O5S/c1-3-8-22-9-6-17(7-10-22)21-20(24)16-4-5-18(27-2)19(15-16)29(25,26)23-11-13-28-14-12-23/h4-5,15,17H,3,6-14H2,1-2H3,(H,21,24)/p+1. The van der Waals surface area contributed by atoms with Crippen LogP contribution < -0.4 is 15.0 Å². The quantitative estimate of drug-likeness (QED) is 0.636. The van der Waals surface area contributed by atoms with Crippen LogP contribution in [0.1, 0.15) is 36.5 Å². The van der Waals surface area contributed by atoms with Crippen molar-refractivity contribution in [1.29, 1.82) is 0 Å². The van der Waals surface area contributed by atoms with Gasteiger partial charge in [0.25, 0.3) is 5.91 Å². The number of sulfonamides is 1. The second kappa shape index (κ2) is 9.88. The largest absolute Gasteiger partial charge is 0.495 e. The van der Waals surface area contributed by atoms with E-state index < -0.39 is 10.0 Å². The van der Waals surface area contributed by atoms with Gasteiger partial charge in [-0.2, -0.15) is 4.31 Å². The maximum atomic E-state index is 13.1. The highest BCUT2D eigenvalue weighted by Gasteiger charge is 2.30. The molecule has 2 saturated heterocycles. The van der Waals surface area contributed by atoms with E-state index in [1.54, 1.807) is 17.0 Å². The summed E-state index contributed by atoms with van der Waals surface area (Å²) in [4.78, 5) is 14.4. The third-order valence-corrected chi connectivity index (χ3v) is 7.57. The lowest BCUT2D eigenvalue weighted by Crippen LogP contribution is -3.13. The highest BCUT2D eigenvalue weighted by atomic mass is 32.2.